The lowest BCUT2D eigenvalue weighted by Crippen LogP contribution is -2.22. The third-order valence-electron chi connectivity index (χ3n) is 4.06. The largest absolute Gasteiger partial charge is 0.486 e. The van der Waals surface area contributed by atoms with Gasteiger partial charge in [-0.1, -0.05) is 0 Å². The second-order valence-electron chi connectivity index (χ2n) is 5.79. The Morgan fingerprint density at radius 3 is 2.57 bits per heavy atom. The van der Waals surface area contributed by atoms with Gasteiger partial charge in [0.15, 0.2) is 11.5 Å². The highest BCUT2D eigenvalue weighted by Gasteiger charge is 2.49. The minimum absolute atomic E-state index is 0.0818. The van der Waals surface area contributed by atoms with Gasteiger partial charge in [0, 0.05) is 23.5 Å². The van der Waals surface area contributed by atoms with Crippen molar-refractivity contribution in [3.8, 4) is 11.5 Å². The molecule has 1 fully saturated rings. The number of carboxylic acids is 1. The van der Waals surface area contributed by atoms with Gasteiger partial charge in [0.2, 0.25) is 0 Å². The molecule has 3 rings (SSSR count). The second-order valence-corrected chi connectivity index (χ2v) is 5.79. The van der Waals surface area contributed by atoms with Gasteiger partial charge in [-0.15, -0.1) is 0 Å². The molecule has 21 heavy (non-hydrogen) atoms. The lowest BCUT2D eigenvalue weighted by molar-refractivity contribution is -0.137. The first-order chi connectivity index (χ1) is 9.82. The summed E-state index contributed by atoms with van der Waals surface area (Å²) in [4.78, 5) is 11.1. The van der Waals surface area contributed by atoms with Crippen molar-refractivity contribution in [1.82, 2.24) is 0 Å². The maximum absolute atomic E-state index is 13.7. The van der Waals surface area contributed by atoms with Gasteiger partial charge in [-0.3, -0.25) is 4.79 Å². The Hall–Kier alpha value is -1.85. The number of hydrogen-bond donors (Lipinski definition) is 1. The quantitative estimate of drug-likeness (QED) is 0.928. The molecule has 0 bridgehead atoms. The number of fused-ring (bicyclic) bond motifs is 1. The standard InChI is InChI=1S/C15H16F2O4/c1-14(16,17)9-6-10(15(2-3-15)8-12(18)19)13-11(7-9)20-4-5-21-13/h6-7H,2-5,8H2,1H3,(H,18,19). The third kappa shape index (κ3) is 2.54. The Morgan fingerprint density at radius 2 is 2.00 bits per heavy atom. The monoisotopic (exact) mass is 298 g/mol. The molecule has 0 spiro atoms. The van der Waals surface area contributed by atoms with E-state index in [1.54, 1.807) is 0 Å². The molecular weight excluding hydrogens is 282 g/mol. The number of benzene rings is 1. The summed E-state index contributed by atoms with van der Waals surface area (Å²) >= 11 is 0. The van der Waals surface area contributed by atoms with Gasteiger partial charge in [-0.2, -0.15) is 0 Å². The Bertz CT molecular complexity index is 588. The zero-order chi connectivity index (χ0) is 15.3. The molecule has 4 nitrogen and oxygen atoms in total. The Balaban J connectivity index is 2.12. The van der Waals surface area contributed by atoms with Gasteiger partial charge >= 0.3 is 5.97 Å². The average Bonchev–Trinajstić information content (AvgIpc) is 3.16. The van der Waals surface area contributed by atoms with Crippen molar-refractivity contribution >= 4 is 5.97 Å². The number of hydrogen-bond acceptors (Lipinski definition) is 3. The van der Waals surface area contributed by atoms with Gasteiger partial charge < -0.3 is 14.6 Å². The summed E-state index contributed by atoms with van der Waals surface area (Å²) in [5.74, 6) is -3.24. The van der Waals surface area contributed by atoms with Crippen LogP contribution in [-0.2, 0) is 16.1 Å². The van der Waals surface area contributed by atoms with Crippen LogP contribution in [0.25, 0.3) is 0 Å². The van der Waals surface area contributed by atoms with Crippen molar-refractivity contribution < 1.29 is 28.2 Å². The molecule has 0 saturated heterocycles. The number of carbonyl (C=O) groups is 1. The molecule has 0 aromatic heterocycles. The summed E-state index contributed by atoms with van der Waals surface area (Å²) in [5.41, 5.74) is -0.227. The van der Waals surface area contributed by atoms with Crippen LogP contribution in [-0.4, -0.2) is 24.3 Å². The molecule has 1 heterocycles. The number of aliphatic carboxylic acids is 1. The highest BCUT2D eigenvalue weighted by Crippen LogP contribution is 2.57. The first-order valence-corrected chi connectivity index (χ1v) is 6.86. The van der Waals surface area contributed by atoms with Crippen LogP contribution in [0.5, 0.6) is 11.5 Å². The molecule has 114 valence electrons. The number of ether oxygens (including phenoxy) is 2. The fourth-order valence-electron chi connectivity index (χ4n) is 2.78. The summed E-state index contributed by atoms with van der Waals surface area (Å²) in [7, 11) is 0. The minimum atomic E-state index is -3.01. The van der Waals surface area contributed by atoms with Gasteiger partial charge in [-0.25, -0.2) is 8.78 Å². The fourth-order valence-corrected chi connectivity index (χ4v) is 2.78. The molecule has 1 aromatic rings. The van der Waals surface area contributed by atoms with Crippen molar-refractivity contribution in [3.05, 3.63) is 23.3 Å². The Morgan fingerprint density at radius 1 is 1.33 bits per heavy atom. The molecule has 0 amide bonds. The third-order valence-corrected chi connectivity index (χ3v) is 4.06. The zero-order valence-corrected chi connectivity index (χ0v) is 11.6. The first-order valence-electron chi connectivity index (χ1n) is 6.86. The van der Waals surface area contributed by atoms with Crippen LogP contribution in [0.3, 0.4) is 0 Å². The second kappa shape index (κ2) is 4.58. The molecule has 6 heteroatoms. The number of alkyl halides is 2. The number of carboxylic acid groups (broad SMARTS) is 1. The lowest BCUT2D eigenvalue weighted by atomic mass is 9.88. The molecule has 0 atom stereocenters. The SMILES string of the molecule is CC(F)(F)c1cc2c(c(C3(CC(=O)O)CC3)c1)OCCO2. The van der Waals surface area contributed by atoms with Crippen LogP contribution < -0.4 is 9.47 Å². The van der Waals surface area contributed by atoms with E-state index in [2.05, 4.69) is 0 Å². The average molecular weight is 298 g/mol. The van der Waals surface area contributed by atoms with Crippen molar-refractivity contribution in [2.75, 3.05) is 13.2 Å². The summed E-state index contributed by atoms with van der Waals surface area (Å²) in [6.45, 7) is 1.46. The van der Waals surface area contributed by atoms with Gasteiger partial charge in [0.1, 0.15) is 13.2 Å². The molecule has 0 radical (unpaired) electrons. The van der Waals surface area contributed by atoms with Crippen molar-refractivity contribution in [3.63, 3.8) is 0 Å². The topological polar surface area (TPSA) is 55.8 Å². The van der Waals surface area contributed by atoms with E-state index in [0.717, 1.165) is 6.92 Å². The Labute approximate surface area is 120 Å². The highest BCUT2D eigenvalue weighted by molar-refractivity contribution is 5.71. The van der Waals surface area contributed by atoms with Crippen LogP contribution in [0, 0.1) is 0 Å². The van der Waals surface area contributed by atoms with Crippen LogP contribution >= 0.6 is 0 Å². The molecule has 1 aromatic carbocycles. The summed E-state index contributed by atoms with van der Waals surface area (Å²) in [6.07, 6.45) is 1.24. The van der Waals surface area contributed by atoms with Crippen molar-refractivity contribution in [1.29, 1.82) is 0 Å². The number of rotatable bonds is 4. The van der Waals surface area contributed by atoms with Crippen molar-refractivity contribution in [2.45, 2.75) is 37.5 Å². The van der Waals surface area contributed by atoms with Crippen LogP contribution in [0.2, 0.25) is 0 Å². The number of halogens is 2. The smallest absolute Gasteiger partial charge is 0.304 e. The predicted molar refractivity (Wildman–Crippen MR) is 70.2 cm³/mol. The summed E-state index contributed by atoms with van der Waals surface area (Å²) in [6, 6.07) is 2.66. The molecule has 0 unspecified atom stereocenters. The zero-order valence-electron chi connectivity index (χ0n) is 11.6. The maximum atomic E-state index is 13.7. The fraction of sp³-hybridized carbons (Fsp3) is 0.533. The molecule has 1 aliphatic carbocycles. The van der Waals surface area contributed by atoms with E-state index in [9.17, 15) is 13.6 Å². The van der Waals surface area contributed by atoms with Crippen LogP contribution in [0.15, 0.2) is 12.1 Å². The molecular formula is C15H16F2O4. The van der Waals surface area contributed by atoms with E-state index in [0.29, 0.717) is 37.4 Å². The first kappa shape index (κ1) is 14.1. The van der Waals surface area contributed by atoms with Gasteiger partial charge in [0.25, 0.3) is 5.92 Å². The normalized spacial score (nSPS) is 19.2. The summed E-state index contributed by atoms with van der Waals surface area (Å²) in [5, 5.41) is 9.06. The van der Waals surface area contributed by atoms with Crippen molar-refractivity contribution in [2.24, 2.45) is 0 Å². The van der Waals surface area contributed by atoms with E-state index in [1.807, 2.05) is 0 Å². The van der Waals surface area contributed by atoms with Crippen LogP contribution in [0.1, 0.15) is 37.3 Å². The van der Waals surface area contributed by atoms with E-state index < -0.39 is 17.3 Å². The van der Waals surface area contributed by atoms with E-state index in [4.69, 9.17) is 14.6 Å². The lowest BCUT2D eigenvalue weighted by Gasteiger charge is -2.26. The molecule has 1 saturated carbocycles. The van der Waals surface area contributed by atoms with Crippen LogP contribution in [0.4, 0.5) is 8.78 Å². The molecule has 1 aliphatic heterocycles. The van der Waals surface area contributed by atoms with E-state index in [1.165, 1.54) is 12.1 Å². The maximum Gasteiger partial charge on any atom is 0.304 e. The highest BCUT2D eigenvalue weighted by atomic mass is 19.3. The van der Waals surface area contributed by atoms with E-state index >= 15 is 0 Å². The van der Waals surface area contributed by atoms with Gasteiger partial charge in [-0.05, 0) is 25.0 Å². The van der Waals surface area contributed by atoms with E-state index in [-0.39, 0.29) is 17.7 Å². The summed E-state index contributed by atoms with van der Waals surface area (Å²) < 4.78 is 38.3. The van der Waals surface area contributed by atoms with Gasteiger partial charge in [0.05, 0.1) is 6.42 Å². The minimum Gasteiger partial charge on any atom is -0.486 e. The Kier molecular flexibility index (Phi) is 3.07. The molecule has 2 aliphatic rings. The molecule has 1 N–H and O–H groups in total. The predicted octanol–water partition coefficient (Wildman–Crippen LogP) is 3.08.